The van der Waals surface area contributed by atoms with Crippen LogP contribution < -0.4 is 15.1 Å². The minimum absolute atomic E-state index is 0.215. The summed E-state index contributed by atoms with van der Waals surface area (Å²) in [6, 6.07) is 7.38. The molecule has 0 aromatic carbocycles. The molecule has 2 fully saturated rings. The van der Waals surface area contributed by atoms with E-state index in [2.05, 4.69) is 20.4 Å². The van der Waals surface area contributed by atoms with Crippen LogP contribution in [0.3, 0.4) is 0 Å². The number of carbonyl (C=O) groups excluding carboxylic acids is 1. The van der Waals surface area contributed by atoms with Gasteiger partial charge in [0.1, 0.15) is 5.69 Å². The Morgan fingerprint density at radius 1 is 1.15 bits per heavy atom. The van der Waals surface area contributed by atoms with E-state index in [1.807, 2.05) is 9.80 Å². The fourth-order valence-electron chi connectivity index (χ4n) is 4.89. The van der Waals surface area contributed by atoms with Crippen molar-refractivity contribution < 1.29 is 24.2 Å². The lowest BCUT2D eigenvalue weighted by Gasteiger charge is -2.24. The lowest BCUT2D eigenvalue weighted by Crippen LogP contribution is -2.36. The molecule has 0 bridgehead atoms. The molecule has 1 amide bonds. The van der Waals surface area contributed by atoms with Crippen LogP contribution in [0.2, 0.25) is 0 Å². The molecule has 13 nitrogen and oxygen atoms in total. The van der Waals surface area contributed by atoms with Gasteiger partial charge < -0.3 is 34.5 Å². The number of β-amino-alcohol motifs (C(OH)–C–C–N with tert-alkyl or cyclic N) is 1. The number of amides is 1. The van der Waals surface area contributed by atoms with Gasteiger partial charge in [-0.15, -0.1) is 0 Å². The second kappa shape index (κ2) is 10.5. The van der Waals surface area contributed by atoms with E-state index in [-0.39, 0.29) is 5.69 Å². The summed E-state index contributed by atoms with van der Waals surface area (Å²) in [5.41, 5.74) is 1.93. The van der Waals surface area contributed by atoms with Gasteiger partial charge in [-0.25, -0.2) is 9.97 Å². The minimum Gasteiger partial charge on any atom is -0.422 e. The number of hydrogen-bond donors (Lipinski definition) is 3. The topological polar surface area (TPSA) is 155 Å². The summed E-state index contributed by atoms with van der Waals surface area (Å²) in [5.74, 6) is 0.101. The van der Waals surface area contributed by atoms with Crippen LogP contribution in [0, 0.1) is 0 Å². The first kappa shape index (κ1) is 26.2. The van der Waals surface area contributed by atoms with E-state index in [0.29, 0.717) is 86.8 Å². The Bertz CT molecular complexity index is 1520. The Hall–Kier alpha value is -4.07. The van der Waals surface area contributed by atoms with Crippen molar-refractivity contribution in [1.82, 2.24) is 24.7 Å². The smallest absolute Gasteiger partial charge is 0.300 e. The highest BCUT2D eigenvalue weighted by atomic mass is 16.5. The number of oxazole rings is 1. The Kier molecular flexibility index (Phi) is 6.86. The van der Waals surface area contributed by atoms with Crippen LogP contribution >= 0.6 is 0 Å². The first-order valence-corrected chi connectivity index (χ1v) is 13.3. The third-order valence-electron chi connectivity index (χ3n) is 6.80. The quantitative estimate of drug-likeness (QED) is 0.310. The van der Waals surface area contributed by atoms with Gasteiger partial charge in [0.05, 0.1) is 49.0 Å². The second-order valence-electron chi connectivity index (χ2n) is 10.8. The van der Waals surface area contributed by atoms with Crippen LogP contribution in [0.15, 0.2) is 41.1 Å². The number of nitrogens with one attached hydrogen (secondary N) is 1. The zero-order chi connectivity index (χ0) is 27.9. The number of hydrogen-bond acceptors (Lipinski definition) is 11. The van der Waals surface area contributed by atoms with Gasteiger partial charge in [-0.3, -0.25) is 9.48 Å². The molecule has 0 unspecified atom stereocenters. The Morgan fingerprint density at radius 3 is 2.73 bits per heavy atom. The van der Waals surface area contributed by atoms with Crippen LogP contribution in [-0.2, 0) is 11.3 Å². The summed E-state index contributed by atoms with van der Waals surface area (Å²) in [6.07, 6.45) is 3.57. The molecule has 13 heteroatoms. The van der Waals surface area contributed by atoms with Gasteiger partial charge in [-0.2, -0.15) is 10.1 Å². The first-order valence-electron chi connectivity index (χ1n) is 13.3. The zero-order valence-corrected chi connectivity index (χ0v) is 22.4. The van der Waals surface area contributed by atoms with E-state index >= 15 is 0 Å². The van der Waals surface area contributed by atoms with Gasteiger partial charge in [0.25, 0.3) is 11.9 Å². The number of aliphatic hydroxyl groups excluding tert-OH is 1. The Morgan fingerprint density at radius 2 is 1.98 bits per heavy atom. The van der Waals surface area contributed by atoms with Gasteiger partial charge in [0.2, 0.25) is 5.65 Å². The molecule has 6 heterocycles. The molecule has 6 rings (SSSR count). The highest BCUT2D eigenvalue weighted by molar-refractivity contribution is 6.05. The van der Waals surface area contributed by atoms with Gasteiger partial charge in [-0.05, 0) is 32.4 Å². The van der Waals surface area contributed by atoms with Crippen LogP contribution in [0.25, 0.3) is 22.5 Å². The van der Waals surface area contributed by atoms with Crippen molar-refractivity contribution in [1.29, 1.82) is 0 Å². The molecule has 210 valence electrons. The van der Waals surface area contributed by atoms with Crippen molar-refractivity contribution in [2.45, 2.75) is 38.5 Å². The van der Waals surface area contributed by atoms with E-state index in [9.17, 15) is 15.0 Å². The number of fused-ring (bicyclic) bond motifs is 1. The number of anilines is 3. The number of rotatable bonds is 7. The number of aliphatic hydroxyl groups is 2. The summed E-state index contributed by atoms with van der Waals surface area (Å²) in [7, 11) is 0. The summed E-state index contributed by atoms with van der Waals surface area (Å²) >= 11 is 0. The maximum absolute atomic E-state index is 13.4. The molecule has 1 atom stereocenters. The van der Waals surface area contributed by atoms with Crippen LogP contribution in [0.4, 0.5) is 17.5 Å². The highest BCUT2D eigenvalue weighted by Gasteiger charge is 2.27. The third kappa shape index (κ3) is 5.62. The maximum atomic E-state index is 13.4. The summed E-state index contributed by atoms with van der Waals surface area (Å²) in [6.45, 7) is 7.27. The molecule has 4 aromatic heterocycles. The van der Waals surface area contributed by atoms with Crippen molar-refractivity contribution in [3.05, 3.63) is 42.4 Å². The molecule has 0 aliphatic carbocycles. The molecular formula is C27H32N8O5. The molecule has 0 spiro atoms. The largest absolute Gasteiger partial charge is 0.422 e. The van der Waals surface area contributed by atoms with Crippen LogP contribution in [0.5, 0.6) is 0 Å². The zero-order valence-electron chi connectivity index (χ0n) is 22.4. The van der Waals surface area contributed by atoms with E-state index in [1.54, 1.807) is 55.2 Å². The number of nitrogens with zero attached hydrogens (tertiary/aromatic N) is 7. The molecule has 2 aliphatic rings. The van der Waals surface area contributed by atoms with Gasteiger partial charge in [-0.1, -0.05) is 6.07 Å². The fourth-order valence-corrected chi connectivity index (χ4v) is 4.89. The first-order chi connectivity index (χ1) is 19.2. The molecule has 2 aliphatic heterocycles. The van der Waals surface area contributed by atoms with Crippen molar-refractivity contribution >= 4 is 34.7 Å². The maximum Gasteiger partial charge on any atom is 0.300 e. The fraction of sp³-hybridized carbons (Fsp3) is 0.444. The van der Waals surface area contributed by atoms with E-state index in [0.717, 1.165) is 5.56 Å². The predicted octanol–water partition coefficient (Wildman–Crippen LogP) is 1.91. The average Bonchev–Trinajstić information content (AvgIpc) is 3.67. The van der Waals surface area contributed by atoms with Crippen LogP contribution in [-0.4, -0.2) is 92.0 Å². The Balaban J connectivity index is 1.28. The minimum atomic E-state index is -0.914. The van der Waals surface area contributed by atoms with Crippen molar-refractivity contribution in [2.24, 2.45) is 0 Å². The molecule has 0 radical (unpaired) electrons. The van der Waals surface area contributed by atoms with Gasteiger partial charge in [0.15, 0.2) is 11.4 Å². The van der Waals surface area contributed by atoms with Crippen molar-refractivity contribution in [3.63, 3.8) is 0 Å². The summed E-state index contributed by atoms with van der Waals surface area (Å²) < 4.78 is 13.1. The van der Waals surface area contributed by atoms with Gasteiger partial charge in [0, 0.05) is 44.0 Å². The van der Waals surface area contributed by atoms with E-state index < -0.39 is 17.6 Å². The molecule has 3 N–H and O–H groups in total. The summed E-state index contributed by atoms with van der Waals surface area (Å²) in [5, 5.41) is 27.5. The number of pyridine rings is 2. The lowest BCUT2D eigenvalue weighted by molar-refractivity contribution is 0.0577. The molecule has 4 aromatic rings. The lowest BCUT2D eigenvalue weighted by atomic mass is 10.1. The second-order valence-corrected chi connectivity index (χ2v) is 10.8. The molecule has 2 saturated heterocycles. The number of ether oxygens (including phenoxy) is 1. The average molecular weight is 549 g/mol. The SMILES string of the molecule is CC(C)(O)Cn1cc(-c2cccc(C(=O)Nc3cc4oc(N5CCOCC5)nc4nc3N3CC[C@@H](O)C3)n2)cn1. The summed E-state index contributed by atoms with van der Waals surface area (Å²) in [4.78, 5) is 31.2. The monoisotopic (exact) mass is 548 g/mol. The van der Waals surface area contributed by atoms with Crippen molar-refractivity contribution in [2.75, 3.05) is 54.5 Å². The van der Waals surface area contributed by atoms with Crippen LogP contribution in [0.1, 0.15) is 30.8 Å². The third-order valence-corrected chi connectivity index (χ3v) is 6.80. The predicted molar refractivity (Wildman–Crippen MR) is 147 cm³/mol. The van der Waals surface area contributed by atoms with E-state index in [4.69, 9.17) is 14.1 Å². The molecule has 40 heavy (non-hydrogen) atoms. The molecular weight excluding hydrogens is 516 g/mol. The van der Waals surface area contributed by atoms with Gasteiger partial charge >= 0.3 is 0 Å². The number of morpholine rings is 1. The normalized spacial score (nSPS) is 18.1. The van der Waals surface area contributed by atoms with Crippen molar-refractivity contribution in [3.8, 4) is 11.3 Å². The standard InChI is InChI=1S/C27H32N8O5/c1-27(2,38)16-35-14-17(13-28-35)19-4-3-5-20(29-19)25(37)30-21-12-22-23(31-24(21)34-7-6-18(36)15-34)32-26(40-22)33-8-10-39-11-9-33/h3-5,12-14,18,36,38H,6-11,15-16H2,1-2H3,(H,30,37)/t18-/m1/s1. The Labute approximate surface area is 230 Å². The molecule has 0 saturated carbocycles. The number of aromatic nitrogens is 5. The highest BCUT2D eigenvalue weighted by Crippen LogP contribution is 2.33. The number of carbonyl (C=O) groups is 1. The van der Waals surface area contributed by atoms with E-state index in [1.165, 1.54) is 0 Å².